The topological polar surface area (TPSA) is 45.2 Å². The van der Waals surface area contributed by atoms with Gasteiger partial charge in [0.1, 0.15) is 18.0 Å². The zero-order valence-electron chi connectivity index (χ0n) is 11.6. The van der Waals surface area contributed by atoms with Crippen LogP contribution in [0, 0.1) is 11.6 Å². The summed E-state index contributed by atoms with van der Waals surface area (Å²) in [6.07, 6.45) is 1.36. The molecule has 0 radical (unpaired) electrons. The number of nitrogens with zero attached hydrogens (tertiary/aromatic N) is 5. The first-order valence-electron chi connectivity index (χ1n) is 6.71. The van der Waals surface area contributed by atoms with Crippen molar-refractivity contribution in [3.05, 3.63) is 36.2 Å². The van der Waals surface area contributed by atoms with E-state index in [0.29, 0.717) is 5.95 Å². The van der Waals surface area contributed by atoms with Gasteiger partial charge in [0.15, 0.2) is 5.82 Å². The average Bonchev–Trinajstić information content (AvgIpc) is 2.48. The number of likely N-dealkylation sites (N-methyl/N-ethyl adjacent to an activating group) is 1. The maximum absolute atomic E-state index is 13.8. The summed E-state index contributed by atoms with van der Waals surface area (Å²) >= 11 is 0. The smallest absolute Gasteiger partial charge is 0.228 e. The molecule has 7 heteroatoms. The van der Waals surface area contributed by atoms with Gasteiger partial charge in [0, 0.05) is 32.2 Å². The van der Waals surface area contributed by atoms with E-state index in [0.717, 1.165) is 32.2 Å². The van der Waals surface area contributed by atoms with Crippen LogP contribution in [-0.2, 0) is 0 Å². The molecule has 0 bridgehead atoms. The molecule has 110 valence electrons. The Labute approximate surface area is 121 Å². The molecule has 0 amide bonds. The summed E-state index contributed by atoms with van der Waals surface area (Å²) in [5, 5.41) is 0. The highest BCUT2D eigenvalue weighted by Gasteiger charge is 2.18. The Morgan fingerprint density at radius 1 is 1.05 bits per heavy atom. The first-order valence-corrected chi connectivity index (χ1v) is 6.71. The number of hydrogen-bond donors (Lipinski definition) is 0. The molecule has 1 aromatic heterocycles. The van der Waals surface area contributed by atoms with E-state index in [1.807, 2.05) is 4.90 Å². The maximum atomic E-state index is 13.8. The van der Waals surface area contributed by atoms with Crippen molar-refractivity contribution in [2.75, 3.05) is 38.1 Å². The van der Waals surface area contributed by atoms with Gasteiger partial charge in [-0.2, -0.15) is 4.98 Å². The van der Waals surface area contributed by atoms with Crippen LogP contribution in [-0.4, -0.2) is 53.1 Å². The average molecular weight is 291 g/mol. The molecule has 1 aliphatic rings. The first kappa shape index (κ1) is 13.8. The molecular formula is C14H15F2N5. The summed E-state index contributed by atoms with van der Waals surface area (Å²) in [5.41, 5.74) is 0.175. The van der Waals surface area contributed by atoms with Gasteiger partial charge in [-0.1, -0.05) is 0 Å². The highest BCUT2D eigenvalue weighted by atomic mass is 19.1. The van der Waals surface area contributed by atoms with Crippen molar-refractivity contribution in [1.29, 1.82) is 0 Å². The Morgan fingerprint density at radius 3 is 2.52 bits per heavy atom. The van der Waals surface area contributed by atoms with E-state index in [2.05, 4.69) is 26.9 Å². The minimum atomic E-state index is -0.675. The van der Waals surface area contributed by atoms with E-state index in [1.54, 1.807) is 0 Å². The van der Waals surface area contributed by atoms with Gasteiger partial charge in [0.2, 0.25) is 5.95 Å². The summed E-state index contributed by atoms with van der Waals surface area (Å²) in [5.74, 6) is -0.552. The number of aromatic nitrogens is 3. The van der Waals surface area contributed by atoms with Crippen LogP contribution >= 0.6 is 0 Å². The third kappa shape index (κ3) is 2.97. The van der Waals surface area contributed by atoms with Crippen LogP contribution in [0.2, 0.25) is 0 Å². The molecule has 1 saturated heterocycles. The summed E-state index contributed by atoms with van der Waals surface area (Å²) in [7, 11) is 2.06. The molecular weight excluding hydrogens is 276 g/mol. The molecule has 0 N–H and O–H groups in total. The van der Waals surface area contributed by atoms with Crippen LogP contribution < -0.4 is 4.90 Å². The molecule has 5 nitrogen and oxygen atoms in total. The van der Waals surface area contributed by atoms with Crippen molar-refractivity contribution in [3.63, 3.8) is 0 Å². The number of piperazine rings is 1. The number of hydrogen-bond acceptors (Lipinski definition) is 5. The largest absolute Gasteiger partial charge is 0.338 e. The van der Waals surface area contributed by atoms with Gasteiger partial charge in [-0.3, -0.25) is 0 Å². The molecule has 1 aromatic carbocycles. The number of rotatable bonds is 2. The molecule has 0 saturated carbocycles. The van der Waals surface area contributed by atoms with Crippen molar-refractivity contribution in [1.82, 2.24) is 19.9 Å². The third-order valence-corrected chi connectivity index (χ3v) is 3.52. The number of benzene rings is 1. The molecule has 2 heterocycles. The quantitative estimate of drug-likeness (QED) is 0.840. The van der Waals surface area contributed by atoms with Crippen LogP contribution in [0.3, 0.4) is 0 Å². The van der Waals surface area contributed by atoms with Gasteiger partial charge in [-0.05, 0) is 19.2 Å². The van der Waals surface area contributed by atoms with Gasteiger partial charge in [0.05, 0.1) is 5.56 Å². The Bertz CT molecular complexity index is 641. The lowest BCUT2D eigenvalue weighted by Gasteiger charge is -2.32. The Hall–Kier alpha value is -2.15. The standard InChI is InChI=1S/C14H15F2N5/c1-20-4-6-21(7-5-20)14-18-9-17-13(19-14)11-3-2-10(15)8-12(11)16/h2-3,8-9H,4-7H2,1H3. The molecule has 21 heavy (non-hydrogen) atoms. The van der Waals surface area contributed by atoms with E-state index >= 15 is 0 Å². The summed E-state index contributed by atoms with van der Waals surface area (Å²) < 4.78 is 26.8. The minimum Gasteiger partial charge on any atom is -0.338 e. The normalized spacial score (nSPS) is 16.2. The minimum absolute atomic E-state index is 0.175. The fourth-order valence-electron chi connectivity index (χ4n) is 2.25. The van der Waals surface area contributed by atoms with Gasteiger partial charge < -0.3 is 9.80 Å². The number of anilines is 1. The van der Waals surface area contributed by atoms with E-state index < -0.39 is 11.6 Å². The Morgan fingerprint density at radius 2 is 1.81 bits per heavy atom. The predicted molar refractivity (Wildman–Crippen MR) is 74.9 cm³/mol. The van der Waals surface area contributed by atoms with Crippen molar-refractivity contribution < 1.29 is 8.78 Å². The second-order valence-corrected chi connectivity index (χ2v) is 5.02. The lowest BCUT2D eigenvalue weighted by atomic mass is 10.2. The molecule has 0 unspecified atom stereocenters. The summed E-state index contributed by atoms with van der Waals surface area (Å²) in [6.45, 7) is 3.47. The van der Waals surface area contributed by atoms with Gasteiger partial charge in [-0.15, -0.1) is 0 Å². The van der Waals surface area contributed by atoms with E-state index in [9.17, 15) is 8.78 Å². The van der Waals surface area contributed by atoms with Gasteiger partial charge >= 0.3 is 0 Å². The fraction of sp³-hybridized carbons (Fsp3) is 0.357. The molecule has 2 aromatic rings. The third-order valence-electron chi connectivity index (χ3n) is 3.52. The van der Waals surface area contributed by atoms with E-state index in [1.165, 1.54) is 18.5 Å². The highest BCUT2D eigenvalue weighted by Crippen LogP contribution is 2.21. The van der Waals surface area contributed by atoms with Crippen LogP contribution in [0.25, 0.3) is 11.4 Å². The monoisotopic (exact) mass is 291 g/mol. The van der Waals surface area contributed by atoms with E-state index in [-0.39, 0.29) is 11.4 Å². The van der Waals surface area contributed by atoms with Crippen molar-refractivity contribution in [3.8, 4) is 11.4 Å². The Balaban J connectivity index is 1.89. The van der Waals surface area contributed by atoms with E-state index in [4.69, 9.17) is 0 Å². The highest BCUT2D eigenvalue weighted by molar-refractivity contribution is 5.56. The van der Waals surface area contributed by atoms with Gasteiger partial charge in [0.25, 0.3) is 0 Å². The van der Waals surface area contributed by atoms with Gasteiger partial charge in [-0.25, -0.2) is 18.7 Å². The lowest BCUT2D eigenvalue weighted by molar-refractivity contribution is 0.311. The fourth-order valence-corrected chi connectivity index (χ4v) is 2.25. The maximum Gasteiger partial charge on any atom is 0.228 e. The Kier molecular flexibility index (Phi) is 3.74. The second-order valence-electron chi connectivity index (χ2n) is 5.02. The molecule has 0 spiro atoms. The molecule has 1 aliphatic heterocycles. The molecule has 0 aliphatic carbocycles. The molecule has 1 fully saturated rings. The van der Waals surface area contributed by atoms with Crippen molar-refractivity contribution in [2.45, 2.75) is 0 Å². The predicted octanol–water partition coefficient (Wildman–Crippen LogP) is 1.57. The first-order chi connectivity index (χ1) is 10.1. The van der Waals surface area contributed by atoms with Crippen LogP contribution in [0.5, 0.6) is 0 Å². The zero-order valence-corrected chi connectivity index (χ0v) is 11.6. The van der Waals surface area contributed by atoms with Crippen molar-refractivity contribution in [2.24, 2.45) is 0 Å². The summed E-state index contributed by atoms with van der Waals surface area (Å²) in [6, 6.07) is 3.36. The second kappa shape index (κ2) is 5.69. The number of halogens is 2. The SMILES string of the molecule is CN1CCN(c2ncnc(-c3ccc(F)cc3F)n2)CC1. The van der Waals surface area contributed by atoms with Crippen LogP contribution in [0.1, 0.15) is 0 Å². The lowest BCUT2D eigenvalue weighted by Crippen LogP contribution is -2.45. The molecule has 0 atom stereocenters. The van der Waals surface area contributed by atoms with Crippen LogP contribution in [0.15, 0.2) is 24.5 Å². The van der Waals surface area contributed by atoms with Crippen LogP contribution in [0.4, 0.5) is 14.7 Å². The zero-order chi connectivity index (χ0) is 14.8. The summed E-state index contributed by atoms with van der Waals surface area (Å²) in [4.78, 5) is 16.7. The molecule has 3 rings (SSSR count). The van der Waals surface area contributed by atoms with Crippen molar-refractivity contribution >= 4 is 5.95 Å².